The number of benzene rings is 1. The van der Waals surface area contributed by atoms with E-state index in [4.69, 9.17) is 31.6 Å². The van der Waals surface area contributed by atoms with Gasteiger partial charge >= 0.3 is 5.97 Å². The molecule has 3 aromatic heterocycles. The van der Waals surface area contributed by atoms with Crippen molar-refractivity contribution in [3.05, 3.63) is 88.5 Å². The Kier molecular flexibility index (Phi) is 11.3. The highest BCUT2D eigenvalue weighted by Crippen LogP contribution is 2.45. The average molecular weight is 763 g/mol. The molecule has 5 heterocycles. The summed E-state index contributed by atoms with van der Waals surface area (Å²) in [5.41, 5.74) is 12.3. The van der Waals surface area contributed by atoms with Crippen molar-refractivity contribution in [3.8, 4) is 0 Å². The van der Waals surface area contributed by atoms with E-state index in [1.807, 2.05) is 47.4 Å². The average Bonchev–Trinajstić information content (AvgIpc) is 3.72. The van der Waals surface area contributed by atoms with Crippen LogP contribution in [-0.2, 0) is 41.9 Å². The first-order chi connectivity index (χ1) is 25.1. The number of amidine groups is 1. The Morgan fingerprint density at radius 3 is 2.53 bits per heavy atom. The van der Waals surface area contributed by atoms with Gasteiger partial charge in [-0.25, -0.2) is 14.3 Å². The van der Waals surface area contributed by atoms with Gasteiger partial charge in [-0.2, -0.15) is 0 Å². The molecule has 0 aliphatic carbocycles. The number of nitrogen functional groups attached to an aromatic ring is 2. The molecule has 276 valence electrons. The lowest BCUT2D eigenvalue weighted by Crippen LogP contribution is -2.63. The van der Waals surface area contributed by atoms with Gasteiger partial charge in [-0.3, -0.25) is 24.7 Å². The van der Waals surface area contributed by atoms with Crippen LogP contribution in [0.15, 0.2) is 76.8 Å². The van der Waals surface area contributed by atoms with E-state index in [0.29, 0.717) is 17.7 Å². The predicted molar refractivity (Wildman–Crippen MR) is 191 cm³/mol. The minimum atomic E-state index is -1.75. The molecule has 19 heteroatoms. The van der Waals surface area contributed by atoms with Gasteiger partial charge in [0.05, 0.1) is 33.9 Å². The number of β-lactam (4-membered cyclic amide) rings is 1. The van der Waals surface area contributed by atoms with Crippen molar-refractivity contribution in [2.75, 3.05) is 11.5 Å². The normalized spacial score (nSPS) is 17.0. The molecule has 1 saturated heterocycles. The van der Waals surface area contributed by atoms with Crippen molar-refractivity contribution in [2.45, 2.75) is 44.3 Å². The molecule has 1 aromatic carbocycles. The van der Waals surface area contributed by atoms with Crippen LogP contribution in [0.4, 0.5) is 5.13 Å². The number of thioether (sulfide) groups is 1. The topological polar surface area (TPSA) is 271 Å². The highest BCUT2D eigenvalue weighted by atomic mass is 32.2. The van der Waals surface area contributed by atoms with Crippen molar-refractivity contribution in [2.24, 2.45) is 16.8 Å². The largest absolute Gasteiger partial charge is 0.543 e. The number of fused-ring (bicyclic) bond motifs is 2. The van der Waals surface area contributed by atoms with Gasteiger partial charge < -0.3 is 41.0 Å². The van der Waals surface area contributed by atoms with Crippen LogP contribution in [0.2, 0.25) is 0 Å². The fraction of sp³-hybridized carbons (Fsp3) is 0.265. The monoisotopic (exact) mass is 762 g/mol. The number of nitrogens with zero attached hydrogens (tertiary/aromatic N) is 5. The summed E-state index contributed by atoms with van der Waals surface area (Å²) < 4.78 is 3.92. The quantitative estimate of drug-likeness (QED) is 0.0315. The van der Waals surface area contributed by atoms with Crippen LogP contribution in [0.25, 0.3) is 10.9 Å². The lowest BCUT2D eigenvalue weighted by atomic mass is 9.89. The second-order valence-corrected chi connectivity index (χ2v) is 14.4. The third-order valence-corrected chi connectivity index (χ3v) is 10.5. The fourth-order valence-electron chi connectivity index (χ4n) is 5.69. The van der Waals surface area contributed by atoms with Gasteiger partial charge in [-0.1, -0.05) is 29.4 Å². The number of Topliss-reactive ketones (excluding diaryl/α,β-unsaturated/α-hetero) is 1. The number of oxime groups is 1. The molecule has 0 spiro atoms. The van der Waals surface area contributed by atoms with Gasteiger partial charge in [0.25, 0.3) is 6.47 Å². The van der Waals surface area contributed by atoms with Crippen LogP contribution in [0.1, 0.15) is 37.1 Å². The Hall–Kier alpha value is -6.08. The van der Waals surface area contributed by atoms with Crippen LogP contribution in [-0.4, -0.2) is 83.0 Å². The number of carboxylic acids is 2. The Morgan fingerprint density at radius 2 is 1.92 bits per heavy atom. The summed E-state index contributed by atoms with van der Waals surface area (Å²) in [5, 5.41) is 42.0. The fourth-order valence-corrected chi connectivity index (χ4v) is 7.65. The number of nitrogens with two attached hydrogens (primary N) is 2. The number of pyridine rings is 1. The molecule has 0 saturated carbocycles. The first kappa shape index (κ1) is 38.2. The summed E-state index contributed by atoms with van der Waals surface area (Å²) in [6.07, 6.45) is 5.37. The number of aliphatic carboxylic acids is 2. The number of aromatic nitrogens is 3. The Balaban J connectivity index is 0.00000175. The summed E-state index contributed by atoms with van der Waals surface area (Å²) in [6, 6.07) is 11.4. The molecule has 0 bridgehead atoms. The van der Waals surface area contributed by atoms with Crippen molar-refractivity contribution in [1.29, 1.82) is 5.41 Å². The van der Waals surface area contributed by atoms with Crippen molar-refractivity contribution < 1.29 is 48.7 Å². The number of hydrogen-bond donors (Lipinski definition) is 5. The molecular weight excluding hydrogens is 729 g/mol. The Bertz CT molecular complexity index is 2170. The molecule has 2 aliphatic rings. The van der Waals surface area contributed by atoms with Gasteiger partial charge in [0, 0.05) is 47.5 Å². The molecule has 4 aromatic rings. The third kappa shape index (κ3) is 8.20. The van der Waals surface area contributed by atoms with Gasteiger partial charge in [0.1, 0.15) is 11.5 Å². The smallest absolute Gasteiger partial charge is 0.350 e. The van der Waals surface area contributed by atoms with Crippen LogP contribution in [0.3, 0.4) is 0 Å². The molecule has 1 fully saturated rings. The first-order valence-electron chi connectivity index (χ1n) is 15.8. The SMILES string of the molecule is CC(C)(O/N=C(\C(=O)C[C@@H]1C(=O)N2C(C(=O)[O-])=C(C[n+]3ccc4c(ccn4Cc4ccc(C(=N)N)cc4)c3)CS[C@H]12)c1csc(N)n1)C(=O)O.O=CO. The molecule has 1 amide bonds. The van der Waals surface area contributed by atoms with E-state index in [2.05, 4.69) is 14.7 Å². The standard InChI is InChI=1S/C33H32N8O7S2.CH2O2/c1-33(2,31(46)47)48-38-25(22-16-50-32(36)37-22)24(42)11-21-28(43)41-26(30(44)45)20(15-49-29(21)41)14-39-9-8-23-19(13-39)7-10-40(23)12-17-3-5-18(6-4-17)27(34)35;2-1-3/h3-10,13,16,21,29H,11-12,14-15H2,1-2H3,(H6-,34,35,36,37,44,45,46,47);1H,(H,2,3)/b38-25-;/t21-,29-;/m1./s1. The van der Waals surface area contributed by atoms with Crippen molar-refractivity contribution >= 4 is 80.8 Å². The van der Waals surface area contributed by atoms with Crippen LogP contribution < -0.4 is 21.1 Å². The second kappa shape index (κ2) is 15.7. The number of amides is 1. The molecule has 2 aliphatic heterocycles. The minimum absolute atomic E-state index is 0.00807. The van der Waals surface area contributed by atoms with E-state index < -0.39 is 40.5 Å². The number of carboxylic acid groups (broad SMARTS) is 3. The van der Waals surface area contributed by atoms with Gasteiger partial charge in [-0.05, 0) is 25.5 Å². The van der Waals surface area contributed by atoms with E-state index >= 15 is 0 Å². The summed E-state index contributed by atoms with van der Waals surface area (Å²) in [5.74, 6) is -4.56. The number of carbonyl (C=O) groups excluding carboxylic acids is 3. The Morgan fingerprint density at radius 1 is 1.23 bits per heavy atom. The molecule has 53 heavy (non-hydrogen) atoms. The lowest BCUT2D eigenvalue weighted by Gasteiger charge is -2.50. The third-order valence-electron chi connectivity index (χ3n) is 8.42. The van der Waals surface area contributed by atoms with Crippen molar-refractivity contribution in [3.63, 3.8) is 0 Å². The number of carbonyl (C=O) groups is 5. The van der Waals surface area contributed by atoms with Gasteiger partial charge in [-0.15, -0.1) is 23.1 Å². The van der Waals surface area contributed by atoms with E-state index in [-0.39, 0.29) is 53.3 Å². The maximum absolute atomic E-state index is 13.5. The van der Waals surface area contributed by atoms with E-state index in [1.54, 1.807) is 12.1 Å². The van der Waals surface area contributed by atoms with Crippen LogP contribution >= 0.6 is 23.1 Å². The summed E-state index contributed by atoms with van der Waals surface area (Å²) in [7, 11) is 0. The van der Waals surface area contributed by atoms with Gasteiger partial charge in [0.2, 0.25) is 11.5 Å². The zero-order valence-corrected chi connectivity index (χ0v) is 29.9. The maximum Gasteiger partial charge on any atom is 0.350 e. The number of thiazole rings is 1. The molecule has 17 nitrogen and oxygen atoms in total. The number of nitrogens with one attached hydrogen (secondary N) is 1. The number of anilines is 1. The highest BCUT2D eigenvalue weighted by Gasteiger charge is 2.53. The zero-order valence-electron chi connectivity index (χ0n) is 28.3. The molecule has 2 atom stereocenters. The summed E-state index contributed by atoms with van der Waals surface area (Å²) in [6.45, 7) is 3.07. The highest BCUT2D eigenvalue weighted by molar-refractivity contribution is 8.00. The van der Waals surface area contributed by atoms with E-state index in [1.165, 1.54) is 35.9 Å². The second-order valence-electron chi connectivity index (χ2n) is 12.4. The van der Waals surface area contributed by atoms with Crippen LogP contribution in [0, 0.1) is 11.3 Å². The zero-order chi connectivity index (χ0) is 38.6. The minimum Gasteiger partial charge on any atom is -0.543 e. The first-order valence-corrected chi connectivity index (χ1v) is 17.7. The summed E-state index contributed by atoms with van der Waals surface area (Å²) in [4.78, 5) is 69.6. The molecule has 7 N–H and O–H groups in total. The van der Waals surface area contributed by atoms with Crippen molar-refractivity contribution in [1.82, 2.24) is 14.5 Å². The number of rotatable bonds is 13. The molecule has 0 radical (unpaired) electrons. The predicted octanol–water partition coefficient (Wildman–Crippen LogP) is 0.779. The van der Waals surface area contributed by atoms with Gasteiger partial charge in [0.15, 0.2) is 35.6 Å². The maximum atomic E-state index is 13.5. The molecular formula is C34H34N8O9S2. The molecule has 6 rings (SSSR count). The molecule has 0 unspecified atom stereocenters. The number of ketones is 1. The number of hydrogen-bond acceptors (Lipinski definition) is 13. The summed E-state index contributed by atoms with van der Waals surface area (Å²) >= 11 is 2.39. The van der Waals surface area contributed by atoms with E-state index in [0.717, 1.165) is 27.8 Å². The lowest BCUT2D eigenvalue weighted by molar-refractivity contribution is -0.687. The van der Waals surface area contributed by atoms with Crippen LogP contribution in [0.5, 0.6) is 0 Å². The Labute approximate surface area is 309 Å². The van der Waals surface area contributed by atoms with E-state index in [9.17, 15) is 29.4 Å².